The number of carbonyl (C=O) groups is 1. The van der Waals surface area contributed by atoms with Gasteiger partial charge in [-0.05, 0) is 13.3 Å². The predicted molar refractivity (Wildman–Crippen MR) is 47.6 cm³/mol. The second-order valence-electron chi connectivity index (χ2n) is 2.40. The molecule has 0 unspecified atom stereocenters. The van der Waals surface area contributed by atoms with Crippen LogP contribution < -0.4 is 0 Å². The number of hydrogen-bond acceptors (Lipinski definition) is 2. The topological polar surface area (TPSA) is 37.3 Å². The van der Waals surface area contributed by atoms with Crippen molar-refractivity contribution in [2.75, 3.05) is 0 Å². The molecule has 0 spiro atoms. The summed E-state index contributed by atoms with van der Waals surface area (Å²) < 4.78 is 0. The summed E-state index contributed by atoms with van der Waals surface area (Å²) in [7, 11) is 0. The van der Waals surface area contributed by atoms with E-state index in [1.807, 2.05) is 0 Å². The standard InChI is InChI=1S/C6H12O.C3H6O/c1-2-3-4-5-6-7;1-3(2)4/h6H,2-5H2,1H3;4H,1H2,2H3. The van der Waals surface area contributed by atoms with E-state index in [9.17, 15) is 4.79 Å². The first kappa shape index (κ1) is 12.8. The van der Waals surface area contributed by atoms with E-state index in [-0.39, 0.29) is 5.76 Å². The van der Waals surface area contributed by atoms with Crippen LogP contribution in [0.2, 0.25) is 0 Å². The van der Waals surface area contributed by atoms with Crippen LogP contribution in [-0.2, 0) is 4.79 Å². The van der Waals surface area contributed by atoms with Crippen LogP contribution in [0.15, 0.2) is 12.3 Å². The summed E-state index contributed by atoms with van der Waals surface area (Å²) in [5, 5.41) is 7.86. The van der Waals surface area contributed by atoms with Crippen molar-refractivity contribution in [3.63, 3.8) is 0 Å². The van der Waals surface area contributed by atoms with Gasteiger partial charge in [-0.25, -0.2) is 0 Å². The van der Waals surface area contributed by atoms with E-state index in [1.54, 1.807) is 0 Å². The van der Waals surface area contributed by atoms with Crippen molar-refractivity contribution < 1.29 is 9.90 Å². The number of allylic oxidation sites excluding steroid dienone is 1. The number of aliphatic hydroxyl groups is 1. The molecule has 0 aliphatic rings. The number of hydrogen-bond donors (Lipinski definition) is 1. The van der Waals surface area contributed by atoms with Gasteiger partial charge in [-0.15, -0.1) is 0 Å². The Hall–Kier alpha value is -0.790. The summed E-state index contributed by atoms with van der Waals surface area (Å²) in [6.07, 6.45) is 5.19. The second-order valence-corrected chi connectivity index (χ2v) is 2.40. The zero-order chi connectivity index (χ0) is 9.11. The molecule has 2 heteroatoms. The van der Waals surface area contributed by atoms with Crippen LogP contribution in [0.3, 0.4) is 0 Å². The smallest absolute Gasteiger partial charge is 0.119 e. The second kappa shape index (κ2) is 11.9. The molecular formula is C9H18O2. The third-order valence-electron chi connectivity index (χ3n) is 0.926. The first-order chi connectivity index (χ1) is 5.15. The largest absolute Gasteiger partial charge is 0.513 e. The summed E-state index contributed by atoms with van der Waals surface area (Å²) in [4.78, 5) is 9.68. The Kier molecular flexibility index (Phi) is 13.9. The third kappa shape index (κ3) is 46.5. The maximum atomic E-state index is 9.68. The molecule has 0 saturated heterocycles. The molecule has 0 fully saturated rings. The molecule has 1 N–H and O–H groups in total. The Labute approximate surface area is 68.9 Å². The Bertz CT molecular complexity index is 93.7. The van der Waals surface area contributed by atoms with Crippen LogP contribution in [0, 0.1) is 0 Å². The van der Waals surface area contributed by atoms with E-state index in [0.717, 1.165) is 19.1 Å². The van der Waals surface area contributed by atoms with E-state index in [1.165, 1.54) is 19.8 Å². The summed E-state index contributed by atoms with van der Waals surface area (Å²) in [5.41, 5.74) is 0. The molecule has 0 aromatic carbocycles. The Balaban J connectivity index is 0. The minimum absolute atomic E-state index is 0.167. The molecule has 0 bridgehead atoms. The molecular weight excluding hydrogens is 140 g/mol. The normalized spacial score (nSPS) is 7.82. The van der Waals surface area contributed by atoms with Crippen molar-refractivity contribution in [2.24, 2.45) is 0 Å². The zero-order valence-corrected chi connectivity index (χ0v) is 7.47. The maximum absolute atomic E-state index is 9.68. The SMILES string of the molecule is C=C(C)O.CCCCCC=O. The van der Waals surface area contributed by atoms with Gasteiger partial charge in [0, 0.05) is 6.42 Å². The van der Waals surface area contributed by atoms with E-state index in [0.29, 0.717) is 0 Å². The first-order valence-electron chi connectivity index (χ1n) is 3.93. The molecule has 0 aliphatic heterocycles. The van der Waals surface area contributed by atoms with Gasteiger partial charge in [-0.1, -0.05) is 26.3 Å². The minimum Gasteiger partial charge on any atom is -0.513 e. The summed E-state index contributed by atoms with van der Waals surface area (Å²) in [6, 6.07) is 0. The van der Waals surface area contributed by atoms with Crippen molar-refractivity contribution in [1.82, 2.24) is 0 Å². The van der Waals surface area contributed by atoms with Crippen LogP contribution >= 0.6 is 0 Å². The molecule has 2 nitrogen and oxygen atoms in total. The molecule has 0 aromatic heterocycles. The van der Waals surface area contributed by atoms with Crippen LogP contribution in [0.25, 0.3) is 0 Å². The van der Waals surface area contributed by atoms with Gasteiger partial charge in [0.15, 0.2) is 0 Å². The molecule has 0 heterocycles. The lowest BCUT2D eigenvalue weighted by atomic mass is 10.2. The molecule has 0 radical (unpaired) electrons. The lowest BCUT2D eigenvalue weighted by Crippen LogP contribution is -1.73. The molecule has 11 heavy (non-hydrogen) atoms. The quantitative estimate of drug-likeness (QED) is 0.388. The van der Waals surface area contributed by atoms with Gasteiger partial charge in [0.05, 0.1) is 5.76 Å². The van der Waals surface area contributed by atoms with Crippen LogP contribution in [0.5, 0.6) is 0 Å². The monoisotopic (exact) mass is 158 g/mol. The third-order valence-corrected chi connectivity index (χ3v) is 0.926. The summed E-state index contributed by atoms with van der Waals surface area (Å²) in [5.74, 6) is 0.167. The fourth-order valence-corrected chi connectivity index (χ4v) is 0.478. The van der Waals surface area contributed by atoms with Gasteiger partial charge in [0.2, 0.25) is 0 Å². The van der Waals surface area contributed by atoms with Crippen molar-refractivity contribution in [2.45, 2.75) is 39.5 Å². The zero-order valence-electron chi connectivity index (χ0n) is 7.47. The fraction of sp³-hybridized carbons (Fsp3) is 0.667. The van der Waals surface area contributed by atoms with Crippen LogP contribution in [0.1, 0.15) is 39.5 Å². The number of unbranched alkanes of at least 4 members (excludes halogenated alkanes) is 3. The van der Waals surface area contributed by atoms with E-state index in [2.05, 4.69) is 13.5 Å². The van der Waals surface area contributed by atoms with Gasteiger partial charge >= 0.3 is 0 Å². The number of carbonyl (C=O) groups excluding carboxylic acids is 1. The van der Waals surface area contributed by atoms with Gasteiger partial charge in [-0.2, -0.15) is 0 Å². The van der Waals surface area contributed by atoms with Crippen molar-refractivity contribution in [1.29, 1.82) is 0 Å². The predicted octanol–water partition coefficient (Wildman–Crippen LogP) is 2.84. The lowest BCUT2D eigenvalue weighted by molar-refractivity contribution is -0.107. The number of rotatable bonds is 4. The van der Waals surface area contributed by atoms with E-state index >= 15 is 0 Å². The summed E-state index contributed by atoms with van der Waals surface area (Å²) in [6.45, 7) is 6.77. The molecule has 0 saturated carbocycles. The molecule has 0 aliphatic carbocycles. The van der Waals surface area contributed by atoms with E-state index < -0.39 is 0 Å². The summed E-state index contributed by atoms with van der Waals surface area (Å²) >= 11 is 0. The molecule has 0 aromatic rings. The van der Waals surface area contributed by atoms with E-state index in [4.69, 9.17) is 5.11 Å². The van der Waals surface area contributed by atoms with Gasteiger partial charge < -0.3 is 9.90 Å². The molecule has 0 atom stereocenters. The maximum Gasteiger partial charge on any atom is 0.119 e. The average molecular weight is 158 g/mol. The van der Waals surface area contributed by atoms with Crippen molar-refractivity contribution in [3.05, 3.63) is 12.3 Å². The minimum atomic E-state index is 0.167. The lowest BCUT2D eigenvalue weighted by Gasteiger charge is -1.85. The highest BCUT2D eigenvalue weighted by molar-refractivity contribution is 5.48. The Morgan fingerprint density at radius 2 is 2.00 bits per heavy atom. The highest BCUT2D eigenvalue weighted by Gasteiger charge is 1.80. The Morgan fingerprint density at radius 1 is 1.55 bits per heavy atom. The Morgan fingerprint density at radius 3 is 2.27 bits per heavy atom. The molecule has 0 rings (SSSR count). The van der Waals surface area contributed by atoms with Gasteiger partial charge in [0.25, 0.3) is 0 Å². The number of aldehydes is 1. The van der Waals surface area contributed by atoms with Crippen molar-refractivity contribution >= 4 is 6.29 Å². The molecule has 66 valence electrons. The highest BCUT2D eigenvalue weighted by Crippen LogP contribution is 1.94. The first-order valence-corrected chi connectivity index (χ1v) is 3.93. The van der Waals surface area contributed by atoms with Crippen LogP contribution in [-0.4, -0.2) is 11.4 Å². The average Bonchev–Trinajstić information content (AvgIpc) is 1.88. The van der Waals surface area contributed by atoms with Crippen molar-refractivity contribution in [3.8, 4) is 0 Å². The van der Waals surface area contributed by atoms with Gasteiger partial charge in [0.1, 0.15) is 6.29 Å². The highest BCUT2D eigenvalue weighted by atomic mass is 16.3. The molecule has 0 amide bonds. The fourth-order valence-electron chi connectivity index (χ4n) is 0.478. The van der Waals surface area contributed by atoms with Gasteiger partial charge in [-0.3, -0.25) is 0 Å². The van der Waals surface area contributed by atoms with Crippen LogP contribution in [0.4, 0.5) is 0 Å². The number of aliphatic hydroxyl groups excluding tert-OH is 1.